The van der Waals surface area contributed by atoms with Gasteiger partial charge in [0.15, 0.2) is 11.5 Å². The van der Waals surface area contributed by atoms with Crippen LogP contribution in [0.4, 0.5) is 4.79 Å². The Morgan fingerprint density at radius 3 is 3.00 bits per heavy atom. The molecule has 1 N–H and O–H groups in total. The Balaban J connectivity index is 1.23. The van der Waals surface area contributed by atoms with E-state index in [4.69, 9.17) is 13.9 Å². The molecule has 7 nitrogen and oxygen atoms in total. The summed E-state index contributed by atoms with van der Waals surface area (Å²) in [5.74, 6) is 1.41. The average Bonchev–Trinajstić information content (AvgIpc) is 3.12. The summed E-state index contributed by atoms with van der Waals surface area (Å²) >= 11 is 0. The topological polar surface area (TPSA) is 76.8 Å². The van der Waals surface area contributed by atoms with Gasteiger partial charge in [-0.2, -0.15) is 0 Å². The van der Waals surface area contributed by atoms with Crippen LogP contribution < -0.4 is 10.1 Å². The quantitative estimate of drug-likeness (QED) is 0.688. The molecule has 1 saturated heterocycles. The predicted molar refractivity (Wildman–Crippen MR) is 109 cm³/mol. The van der Waals surface area contributed by atoms with Gasteiger partial charge in [-0.05, 0) is 24.1 Å². The lowest BCUT2D eigenvalue weighted by Gasteiger charge is -2.33. The van der Waals surface area contributed by atoms with Gasteiger partial charge in [0.25, 0.3) is 0 Å². The Bertz CT molecular complexity index is 957. The zero-order valence-corrected chi connectivity index (χ0v) is 16.5. The molecule has 0 aliphatic carbocycles. The van der Waals surface area contributed by atoms with E-state index in [9.17, 15) is 4.79 Å². The van der Waals surface area contributed by atoms with Gasteiger partial charge in [0.05, 0.1) is 6.61 Å². The normalized spacial score (nSPS) is 16.7. The van der Waals surface area contributed by atoms with Gasteiger partial charge in [-0.25, -0.2) is 9.78 Å². The number of aryl methyl sites for hydroxylation is 1. The first kappa shape index (κ1) is 19.3. The third-order valence-electron chi connectivity index (χ3n) is 4.92. The number of carbonyl (C=O) groups is 1. The summed E-state index contributed by atoms with van der Waals surface area (Å²) in [6.07, 6.45) is 0.520. The maximum Gasteiger partial charge on any atom is 0.410 e. The van der Waals surface area contributed by atoms with Gasteiger partial charge in [-0.3, -0.25) is 0 Å². The van der Waals surface area contributed by atoms with Crippen molar-refractivity contribution in [2.45, 2.75) is 26.0 Å². The van der Waals surface area contributed by atoms with Gasteiger partial charge in [0.2, 0.25) is 0 Å². The number of hydrogen-bond donors (Lipinski definition) is 1. The number of hydrogen-bond acceptors (Lipinski definition) is 6. The average molecular weight is 395 g/mol. The second-order valence-corrected chi connectivity index (χ2v) is 7.14. The molecule has 1 aliphatic rings. The lowest BCUT2D eigenvalue weighted by atomic mass is 10.1. The third kappa shape index (κ3) is 5.06. The number of nitrogens with zero attached hydrogens (tertiary/aromatic N) is 2. The van der Waals surface area contributed by atoms with Crippen LogP contribution in [-0.4, -0.2) is 48.3 Å². The highest BCUT2D eigenvalue weighted by atomic mass is 16.6. The van der Waals surface area contributed by atoms with E-state index in [-0.39, 0.29) is 12.1 Å². The molecule has 0 bridgehead atoms. The molecule has 1 atom stereocenters. The molecule has 1 aliphatic heterocycles. The number of nitrogens with one attached hydrogen (secondary N) is 1. The van der Waals surface area contributed by atoms with Crippen molar-refractivity contribution in [3.05, 3.63) is 60.0 Å². The summed E-state index contributed by atoms with van der Waals surface area (Å²) in [6, 6.07) is 15.5. The predicted octanol–water partition coefficient (Wildman–Crippen LogP) is 3.52. The van der Waals surface area contributed by atoms with Gasteiger partial charge < -0.3 is 24.1 Å². The van der Waals surface area contributed by atoms with Crippen LogP contribution in [0, 0.1) is 6.92 Å². The van der Waals surface area contributed by atoms with E-state index >= 15 is 0 Å². The van der Waals surface area contributed by atoms with E-state index in [2.05, 4.69) is 10.3 Å². The van der Waals surface area contributed by atoms with Crippen molar-refractivity contribution in [3.63, 3.8) is 0 Å². The molecule has 4 rings (SSSR count). The molecule has 1 aromatic heterocycles. The molecular formula is C22H25N3O4. The summed E-state index contributed by atoms with van der Waals surface area (Å²) < 4.78 is 16.8. The number of rotatable bonds is 6. The monoisotopic (exact) mass is 395 g/mol. The smallest absolute Gasteiger partial charge is 0.410 e. The Kier molecular flexibility index (Phi) is 5.95. The molecular weight excluding hydrogens is 370 g/mol. The summed E-state index contributed by atoms with van der Waals surface area (Å²) in [5.41, 5.74) is 2.54. The fourth-order valence-electron chi connectivity index (χ4n) is 3.43. The van der Waals surface area contributed by atoms with Crippen LogP contribution >= 0.6 is 0 Å². The Morgan fingerprint density at radius 2 is 2.14 bits per heavy atom. The summed E-state index contributed by atoms with van der Waals surface area (Å²) in [4.78, 5) is 18.4. The molecule has 1 fully saturated rings. The van der Waals surface area contributed by atoms with Crippen molar-refractivity contribution in [2.75, 3.05) is 26.2 Å². The van der Waals surface area contributed by atoms with Crippen LogP contribution in [0.2, 0.25) is 0 Å². The molecule has 0 spiro atoms. The van der Waals surface area contributed by atoms with Crippen molar-refractivity contribution in [3.8, 4) is 5.75 Å². The first-order valence-electron chi connectivity index (χ1n) is 9.86. The lowest BCUT2D eigenvalue weighted by Crippen LogP contribution is -2.53. The van der Waals surface area contributed by atoms with Crippen LogP contribution in [0.15, 0.2) is 52.9 Å². The van der Waals surface area contributed by atoms with Crippen LogP contribution in [0.1, 0.15) is 17.9 Å². The second-order valence-electron chi connectivity index (χ2n) is 7.14. The van der Waals surface area contributed by atoms with Crippen LogP contribution in [0.25, 0.3) is 11.1 Å². The van der Waals surface area contributed by atoms with Crippen LogP contribution in [0.3, 0.4) is 0 Å². The van der Waals surface area contributed by atoms with Gasteiger partial charge in [0.1, 0.15) is 17.9 Å². The number of amides is 1. The van der Waals surface area contributed by atoms with Crippen molar-refractivity contribution < 1.29 is 18.7 Å². The summed E-state index contributed by atoms with van der Waals surface area (Å²) in [6.45, 7) is 4.67. The number of carbonyl (C=O) groups excluding carboxylic acids is 1. The standard InChI is InChI=1S/C22H25N3O4/c1-16-24-20-13-19(7-8-21(20)29-16)27-12-9-18-14-25(11-10-23-18)22(26)28-15-17-5-3-2-4-6-17/h2-8,13,18,23H,9-12,14-15H2,1H3/t18-/m1/s1. The number of piperazine rings is 1. The number of benzene rings is 2. The van der Waals surface area contributed by atoms with E-state index in [0.29, 0.717) is 32.2 Å². The van der Waals surface area contributed by atoms with Crippen molar-refractivity contribution in [1.29, 1.82) is 0 Å². The highest BCUT2D eigenvalue weighted by Crippen LogP contribution is 2.21. The van der Waals surface area contributed by atoms with Crippen molar-refractivity contribution in [2.24, 2.45) is 0 Å². The van der Waals surface area contributed by atoms with E-state index in [0.717, 1.165) is 35.4 Å². The molecule has 2 aromatic carbocycles. The van der Waals surface area contributed by atoms with Gasteiger partial charge >= 0.3 is 6.09 Å². The third-order valence-corrected chi connectivity index (χ3v) is 4.92. The Morgan fingerprint density at radius 1 is 1.28 bits per heavy atom. The number of ether oxygens (including phenoxy) is 2. The van der Waals surface area contributed by atoms with E-state index in [1.165, 1.54) is 0 Å². The highest BCUT2D eigenvalue weighted by molar-refractivity contribution is 5.74. The fourth-order valence-corrected chi connectivity index (χ4v) is 3.43. The first-order chi connectivity index (χ1) is 14.2. The minimum atomic E-state index is -0.270. The fraction of sp³-hybridized carbons (Fsp3) is 0.364. The minimum absolute atomic E-state index is 0.172. The molecule has 3 aromatic rings. The van der Waals surface area contributed by atoms with E-state index < -0.39 is 0 Å². The maximum atomic E-state index is 12.4. The summed E-state index contributed by atoms with van der Waals surface area (Å²) in [5, 5.41) is 3.44. The van der Waals surface area contributed by atoms with Gasteiger partial charge in [-0.1, -0.05) is 30.3 Å². The SMILES string of the molecule is Cc1nc2cc(OCC[C@@H]3CN(C(=O)OCc4ccccc4)CCN3)ccc2o1. The molecule has 0 saturated carbocycles. The first-order valence-corrected chi connectivity index (χ1v) is 9.86. The largest absolute Gasteiger partial charge is 0.493 e. The molecule has 0 radical (unpaired) electrons. The zero-order chi connectivity index (χ0) is 20.1. The van der Waals surface area contributed by atoms with Gasteiger partial charge in [-0.15, -0.1) is 0 Å². The Labute approximate surface area is 169 Å². The highest BCUT2D eigenvalue weighted by Gasteiger charge is 2.24. The molecule has 7 heteroatoms. The molecule has 29 heavy (non-hydrogen) atoms. The van der Waals surface area contributed by atoms with Crippen LogP contribution in [0.5, 0.6) is 5.75 Å². The number of oxazole rings is 1. The molecule has 0 unspecified atom stereocenters. The molecule has 1 amide bonds. The second kappa shape index (κ2) is 8.96. The molecule has 2 heterocycles. The van der Waals surface area contributed by atoms with Gasteiger partial charge in [0, 0.05) is 38.7 Å². The van der Waals surface area contributed by atoms with E-state index in [1.807, 2.05) is 55.5 Å². The lowest BCUT2D eigenvalue weighted by molar-refractivity contribution is 0.0827. The van der Waals surface area contributed by atoms with Crippen molar-refractivity contribution >= 4 is 17.2 Å². The summed E-state index contributed by atoms with van der Waals surface area (Å²) in [7, 11) is 0. The molecule has 152 valence electrons. The maximum absolute atomic E-state index is 12.4. The number of fused-ring (bicyclic) bond motifs is 1. The minimum Gasteiger partial charge on any atom is -0.493 e. The van der Waals surface area contributed by atoms with Crippen molar-refractivity contribution in [1.82, 2.24) is 15.2 Å². The Hall–Kier alpha value is -3.06. The zero-order valence-electron chi connectivity index (χ0n) is 16.5. The van der Waals surface area contributed by atoms with E-state index in [1.54, 1.807) is 4.90 Å². The number of aromatic nitrogens is 1. The van der Waals surface area contributed by atoms with Crippen LogP contribution in [-0.2, 0) is 11.3 Å².